The lowest BCUT2D eigenvalue weighted by atomic mass is 10.4. The lowest BCUT2D eigenvalue weighted by Gasteiger charge is -2.05. The zero-order valence-corrected chi connectivity index (χ0v) is 11.4. The number of methoxy groups -OCH3 is 1. The fourth-order valence-corrected chi connectivity index (χ4v) is 1.79. The first kappa shape index (κ1) is 14.0. The van der Waals surface area contributed by atoms with Crippen molar-refractivity contribution in [2.24, 2.45) is 0 Å². The van der Waals surface area contributed by atoms with Gasteiger partial charge < -0.3 is 19.9 Å². The highest BCUT2D eigenvalue weighted by Crippen LogP contribution is 2.18. The van der Waals surface area contributed by atoms with E-state index in [1.807, 2.05) is 10.8 Å². The number of hydrogen-bond donors (Lipinski definition) is 2. The third-order valence-electron chi connectivity index (χ3n) is 3.01. The molecule has 1 aromatic heterocycles. The van der Waals surface area contributed by atoms with Crippen LogP contribution >= 0.6 is 0 Å². The van der Waals surface area contributed by atoms with Crippen molar-refractivity contribution in [3.8, 4) is 0 Å². The second-order valence-corrected chi connectivity index (χ2v) is 4.89. The molecule has 6 nitrogen and oxygen atoms in total. The molecule has 0 radical (unpaired) electrons. The summed E-state index contributed by atoms with van der Waals surface area (Å²) >= 11 is 0. The van der Waals surface area contributed by atoms with Gasteiger partial charge in [0, 0.05) is 39.0 Å². The van der Waals surface area contributed by atoms with Crippen LogP contribution in [0.1, 0.15) is 25.0 Å². The first-order chi connectivity index (χ1) is 9.28. The van der Waals surface area contributed by atoms with Gasteiger partial charge in [0.25, 0.3) is 0 Å². The molecule has 0 spiro atoms. The Balaban J connectivity index is 1.64. The van der Waals surface area contributed by atoms with Gasteiger partial charge in [-0.1, -0.05) is 0 Å². The first-order valence-electron chi connectivity index (χ1n) is 6.77. The van der Waals surface area contributed by atoms with Gasteiger partial charge in [-0.05, 0) is 19.3 Å². The molecule has 1 aliphatic rings. The number of ether oxygens (including phenoxy) is 1. The monoisotopic (exact) mass is 266 g/mol. The van der Waals surface area contributed by atoms with Crippen LogP contribution in [0.5, 0.6) is 0 Å². The maximum Gasteiger partial charge on any atom is 0.239 e. The summed E-state index contributed by atoms with van der Waals surface area (Å²) in [7, 11) is 1.66. The van der Waals surface area contributed by atoms with E-state index in [-0.39, 0.29) is 5.91 Å². The molecule has 0 bridgehead atoms. The van der Waals surface area contributed by atoms with E-state index >= 15 is 0 Å². The third-order valence-corrected chi connectivity index (χ3v) is 3.01. The van der Waals surface area contributed by atoms with E-state index in [1.54, 1.807) is 13.4 Å². The molecule has 1 heterocycles. The van der Waals surface area contributed by atoms with Gasteiger partial charge in [0.1, 0.15) is 6.54 Å². The van der Waals surface area contributed by atoms with Gasteiger partial charge in [-0.3, -0.25) is 4.79 Å². The predicted octanol–water partition coefficient (Wildman–Crippen LogP) is 0.288. The van der Waals surface area contributed by atoms with E-state index in [4.69, 9.17) is 4.74 Å². The molecule has 2 rings (SSSR count). The van der Waals surface area contributed by atoms with Crippen molar-refractivity contribution in [1.82, 2.24) is 20.2 Å². The Hall–Kier alpha value is -1.40. The Morgan fingerprint density at radius 2 is 2.42 bits per heavy atom. The van der Waals surface area contributed by atoms with Gasteiger partial charge in [-0.2, -0.15) is 0 Å². The van der Waals surface area contributed by atoms with Crippen LogP contribution in [0.25, 0.3) is 0 Å². The molecule has 0 aliphatic heterocycles. The molecular formula is C13H22N4O2. The predicted molar refractivity (Wildman–Crippen MR) is 71.6 cm³/mol. The van der Waals surface area contributed by atoms with Crippen LogP contribution in [0.3, 0.4) is 0 Å². The maximum absolute atomic E-state index is 11.6. The van der Waals surface area contributed by atoms with Crippen molar-refractivity contribution in [2.45, 2.75) is 38.4 Å². The number of carbonyl (C=O) groups excluding carboxylic acids is 1. The molecule has 1 fully saturated rings. The molecule has 0 unspecified atom stereocenters. The summed E-state index contributed by atoms with van der Waals surface area (Å²) in [6.07, 6.45) is 7.00. The summed E-state index contributed by atoms with van der Waals surface area (Å²) < 4.78 is 6.74. The molecule has 1 aromatic rings. The van der Waals surface area contributed by atoms with Crippen molar-refractivity contribution >= 4 is 5.91 Å². The standard InChI is InChI=1S/C13H22N4O2/c1-19-6-2-5-14-13(18)9-17-8-12(16-10-17)7-15-11-3-4-11/h8,10-11,15H,2-7,9H2,1H3,(H,14,18). The minimum Gasteiger partial charge on any atom is -0.385 e. The molecule has 1 saturated carbocycles. The molecule has 6 heteroatoms. The van der Waals surface area contributed by atoms with Gasteiger partial charge in [0.05, 0.1) is 12.0 Å². The Morgan fingerprint density at radius 1 is 1.58 bits per heavy atom. The van der Waals surface area contributed by atoms with E-state index < -0.39 is 0 Å². The highest BCUT2D eigenvalue weighted by molar-refractivity contribution is 5.75. The maximum atomic E-state index is 11.6. The average Bonchev–Trinajstić information content (AvgIpc) is 3.13. The van der Waals surface area contributed by atoms with Crippen molar-refractivity contribution in [1.29, 1.82) is 0 Å². The third kappa shape index (κ3) is 5.40. The van der Waals surface area contributed by atoms with Crippen molar-refractivity contribution in [3.05, 3.63) is 18.2 Å². The molecule has 0 saturated heterocycles. The molecule has 1 aliphatic carbocycles. The van der Waals surface area contributed by atoms with Crippen LogP contribution in [-0.2, 0) is 22.6 Å². The van der Waals surface area contributed by atoms with Crippen LogP contribution in [0, 0.1) is 0 Å². The smallest absolute Gasteiger partial charge is 0.239 e. The van der Waals surface area contributed by atoms with E-state index in [1.165, 1.54) is 12.8 Å². The topological polar surface area (TPSA) is 68.2 Å². The number of carbonyl (C=O) groups is 1. The summed E-state index contributed by atoms with van der Waals surface area (Å²) in [5.41, 5.74) is 0.985. The molecule has 0 aromatic carbocycles. The number of nitrogens with zero attached hydrogens (tertiary/aromatic N) is 2. The normalized spacial score (nSPS) is 14.6. The zero-order valence-electron chi connectivity index (χ0n) is 11.4. The highest BCUT2D eigenvalue weighted by atomic mass is 16.5. The van der Waals surface area contributed by atoms with E-state index in [0.29, 0.717) is 25.7 Å². The highest BCUT2D eigenvalue weighted by Gasteiger charge is 2.20. The fourth-order valence-electron chi connectivity index (χ4n) is 1.79. The van der Waals surface area contributed by atoms with Crippen LogP contribution in [-0.4, -0.2) is 41.8 Å². The first-order valence-corrected chi connectivity index (χ1v) is 6.77. The van der Waals surface area contributed by atoms with Crippen molar-refractivity contribution < 1.29 is 9.53 Å². The van der Waals surface area contributed by atoms with E-state index in [0.717, 1.165) is 18.7 Å². The number of hydrogen-bond acceptors (Lipinski definition) is 4. The molecule has 19 heavy (non-hydrogen) atoms. The Kier molecular flexibility index (Phi) is 5.35. The molecule has 0 atom stereocenters. The minimum atomic E-state index is 0.00945. The fraction of sp³-hybridized carbons (Fsp3) is 0.692. The van der Waals surface area contributed by atoms with E-state index in [2.05, 4.69) is 15.6 Å². The van der Waals surface area contributed by atoms with Crippen LogP contribution in [0.4, 0.5) is 0 Å². The largest absolute Gasteiger partial charge is 0.385 e. The summed E-state index contributed by atoms with van der Waals surface area (Å²) in [5, 5.41) is 6.25. The minimum absolute atomic E-state index is 0.00945. The van der Waals surface area contributed by atoms with Crippen LogP contribution < -0.4 is 10.6 Å². The lowest BCUT2D eigenvalue weighted by Crippen LogP contribution is -2.28. The zero-order chi connectivity index (χ0) is 13.5. The SMILES string of the molecule is COCCCNC(=O)Cn1cnc(CNC2CC2)c1. The van der Waals surface area contributed by atoms with Gasteiger partial charge in [0.2, 0.25) is 5.91 Å². The van der Waals surface area contributed by atoms with Gasteiger partial charge >= 0.3 is 0 Å². The van der Waals surface area contributed by atoms with Crippen molar-refractivity contribution in [3.63, 3.8) is 0 Å². The van der Waals surface area contributed by atoms with Crippen LogP contribution in [0.2, 0.25) is 0 Å². The lowest BCUT2D eigenvalue weighted by molar-refractivity contribution is -0.121. The van der Waals surface area contributed by atoms with Gasteiger partial charge in [-0.25, -0.2) is 4.98 Å². The number of aromatic nitrogens is 2. The Bertz CT molecular complexity index is 401. The molecule has 2 N–H and O–H groups in total. The number of nitrogens with one attached hydrogen (secondary N) is 2. The van der Waals surface area contributed by atoms with Crippen LogP contribution in [0.15, 0.2) is 12.5 Å². The summed E-state index contributed by atoms with van der Waals surface area (Å²) in [5.74, 6) is 0.00945. The quantitative estimate of drug-likeness (QED) is 0.630. The number of imidazole rings is 1. The van der Waals surface area contributed by atoms with Crippen molar-refractivity contribution in [2.75, 3.05) is 20.3 Å². The summed E-state index contributed by atoms with van der Waals surface area (Å²) in [6.45, 7) is 2.43. The summed E-state index contributed by atoms with van der Waals surface area (Å²) in [4.78, 5) is 15.9. The molecule has 1 amide bonds. The number of amides is 1. The second kappa shape index (κ2) is 7.25. The van der Waals surface area contributed by atoms with Gasteiger partial charge in [0.15, 0.2) is 0 Å². The molecular weight excluding hydrogens is 244 g/mol. The Morgan fingerprint density at radius 3 is 3.16 bits per heavy atom. The summed E-state index contributed by atoms with van der Waals surface area (Å²) in [6, 6.07) is 0.675. The second-order valence-electron chi connectivity index (χ2n) is 4.89. The average molecular weight is 266 g/mol. The van der Waals surface area contributed by atoms with Gasteiger partial charge in [-0.15, -0.1) is 0 Å². The van der Waals surface area contributed by atoms with E-state index in [9.17, 15) is 4.79 Å². The molecule has 106 valence electrons. The Labute approximate surface area is 113 Å². The number of rotatable bonds is 9.